The van der Waals surface area contributed by atoms with E-state index >= 15 is 0 Å². The summed E-state index contributed by atoms with van der Waals surface area (Å²) >= 11 is 11.8. The van der Waals surface area contributed by atoms with Crippen LogP contribution in [0.2, 0.25) is 10.0 Å². The molecule has 1 aliphatic rings. The third-order valence-electron chi connectivity index (χ3n) is 2.90. The summed E-state index contributed by atoms with van der Waals surface area (Å²) in [7, 11) is 0. The molecule has 104 valence electrons. The van der Waals surface area contributed by atoms with Crippen LogP contribution < -0.4 is 0 Å². The first-order valence-electron chi connectivity index (χ1n) is 6.17. The molecule has 0 saturated heterocycles. The molecular weight excluding hydrogens is 297 g/mol. The highest BCUT2D eigenvalue weighted by atomic mass is 35.5. The summed E-state index contributed by atoms with van der Waals surface area (Å²) in [5.74, 6) is -0.262. The molecule has 1 amide bonds. The van der Waals surface area contributed by atoms with Gasteiger partial charge in [-0.3, -0.25) is 9.59 Å². The number of ketones is 1. The van der Waals surface area contributed by atoms with Crippen LogP contribution in [0.4, 0.5) is 0 Å². The molecule has 0 bridgehead atoms. The summed E-state index contributed by atoms with van der Waals surface area (Å²) in [5, 5.41) is 1.03. The Labute approximate surface area is 127 Å². The molecule has 1 aromatic rings. The molecule has 20 heavy (non-hydrogen) atoms. The van der Waals surface area contributed by atoms with E-state index in [0.29, 0.717) is 28.6 Å². The van der Waals surface area contributed by atoms with Gasteiger partial charge in [0.15, 0.2) is 5.78 Å². The maximum Gasteiger partial charge on any atom is 0.246 e. The minimum Gasteiger partial charge on any atom is -0.331 e. The maximum absolute atomic E-state index is 12.0. The van der Waals surface area contributed by atoms with E-state index in [1.165, 1.54) is 17.1 Å². The molecule has 0 N–H and O–H groups in total. The van der Waals surface area contributed by atoms with Crippen LogP contribution in [0.5, 0.6) is 0 Å². The van der Waals surface area contributed by atoms with Crippen molar-refractivity contribution in [2.24, 2.45) is 0 Å². The minimum atomic E-state index is -0.201. The highest BCUT2D eigenvalue weighted by Crippen LogP contribution is 2.22. The second-order valence-corrected chi connectivity index (χ2v) is 5.26. The zero-order chi connectivity index (χ0) is 14.5. The third kappa shape index (κ3) is 3.95. The number of carbonyl (C=O) groups excluding carboxylic acids is 2. The monoisotopic (exact) mass is 309 g/mol. The van der Waals surface area contributed by atoms with Crippen molar-refractivity contribution in [1.82, 2.24) is 4.90 Å². The van der Waals surface area contributed by atoms with E-state index in [1.807, 2.05) is 0 Å². The van der Waals surface area contributed by atoms with Crippen molar-refractivity contribution < 1.29 is 9.59 Å². The average molecular weight is 310 g/mol. The first kappa shape index (κ1) is 14.8. The van der Waals surface area contributed by atoms with E-state index in [2.05, 4.69) is 0 Å². The lowest BCUT2D eigenvalue weighted by Gasteiger charge is -2.17. The number of hydrogen-bond acceptors (Lipinski definition) is 2. The van der Waals surface area contributed by atoms with Crippen molar-refractivity contribution in [3.8, 4) is 0 Å². The molecule has 0 fully saturated rings. The van der Waals surface area contributed by atoms with Crippen molar-refractivity contribution >= 4 is 41.0 Å². The highest BCUT2D eigenvalue weighted by molar-refractivity contribution is 6.35. The predicted molar refractivity (Wildman–Crippen MR) is 80.8 cm³/mol. The number of hydrogen-bond donors (Lipinski definition) is 0. The largest absolute Gasteiger partial charge is 0.331 e. The Morgan fingerprint density at radius 1 is 1.30 bits per heavy atom. The van der Waals surface area contributed by atoms with Crippen molar-refractivity contribution in [1.29, 1.82) is 0 Å². The van der Waals surface area contributed by atoms with E-state index < -0.39 is 0 Å². The van der Waals surface area contributed by atoms with Crippen molar-refractivity contribution in [2.45, 2.75) is 6.42 Å². The van der Waals surface area contributed by atoms with E-state index in [9.17, 15) is 9.59 Å². The van der Waals surface area contributed by atoms with Crippen LogP contribution in [-0.4, -0.2) is 29.7 Å². The molecule has 5 heteroatoms. The predicted octanol–water partition coefficient (Wildman–Crippen LogP) is 3.36. The van der Waals surface area contributed by atoms with Crippen LogP contribution in [0.1, 0.15) is 12.0 Å². The summed E-state index contributed by atoms with van der Waals surface area (Å²) in [4.78, 5) is 25.0. The summed E-state index contributed by atoms with van der Waals surface area (Å²) in [6, 6.07) is 5.06. The van der Waals surface area contributed by atoms with Crippen molar-refractivity contribution in [3.05, 3.63) is 52.0 Å². The second-order valence-electron chi connectivity index (χ2n) is 4.42. The topological polar surface area (TPSA) is 37.4 Å². The average Bonchev–Trinajstić information content (AvgIpc) is 2.62. The van der Waals surface area contributed by atoms with Gasteiger partial charge < -0.3 is 4.90 Å². The Morgan fingerprint density at radius 3 is 2.85 bits per heavy atom. The van der Waals surface area contributed by atoms with Gasteiger partial charge in [0.05, 0.1) is 6.54 Å². The normalized spacial score (nSPS) is 15.7. The summed E-state index contributed by atoms with van der Waals surface area (Å²) < 4.78 is 0. The Morgan fingerprint density at radius 2 is 2.10 bits per heavy atom. The SMILES string of the molecule is O=C1C=CCCN(C(=O)/C=C/c2ccc(Cl)cc2Cl)C1. The van der Waals surface area contributed by atoms with Gasteiger partial charge in [-0.25, -0.2) is 0 Å². The molecule has 0 unspecified atom stereocenters. The molecule has 0 spiro atoms. The van der Waals surface area contributed by atoms with Gasteiger partial charge in [-0.15, -0.1) is 0 Å². The standard InChI is InChI=1S/C15H13Cl2NO2/c16-12-6-4-11(14(17)9-12)5-7-15(20)18-8-2-1-3-13(19)10-18/h1,3-7,9H,2,8,10H2/b7-5+. The van der Waals surface area contributed by atoms with Gasteiger partial charge >= 0.3 is 0 Å². The van der Waals surface area contributed by atoms with Crippen LogP contribution in [0, 0.1) is 0 Å². The fourth-order valence-electron chi connectivity index (χ4n) is 1.86. The second kappa shape index (κ2) is 6.73. The molecule has 0 radical (unpaired) electrons. The van der Waals surface area contributed by atoms with E-state index in [1.54, 1.807) is 30.4 Å². The first-order valence-corrected chi connectivity index (χ1v) is 6.93. The zero-order valence-electron chi connectivity index (χ0n) is 10.7. The van der Waals surface area contributed by atoms with Gasteiger partial charge in [-0.2, -0.15) is 0 Å². The molecule has 1 aromatic carbocycles. The molecule has 3 nitrogen and oxygen atoms in total. The number of rotatable bonds is 2. The van der Waals surface area contributed by atoms with Gasteiger partial charge in [-0.1, -0.05) is 35.3 Å². The van der Waals surface area contributed by atoms with Crippen molar-refractivity contribution in [3.63, 3.8) is 0 Å². The number of nitrogens with zero attached hydrogens (tertiary/aromatic N) is 1. The number of halogens is 2. The smallest absolute Gasteiger partial charge is 0.246 e. The molecule has 2 rings (SSSR count). The molecule has 0 aromatic heterocycles. The van der Waals surface area contributed by atoms with E-state index in [-0.39, 0.29) is 18.2 Å². The van der Waals surface area contributed by atoms with Crippen LogP contribution in [-0.2, 0) is 9.59 Å². The fraction of sp³-hybridized carbons (Fsp3) is 0.200. The summed E-state index contributed by atoms with van der Waals surface area (Å²) in [5.41, 5.74) is 0.712. The van der Waals surface area contributed by atoms with Gasteiger partial charge in [0.25, 0.3) is 0 Å². The minimum absolute atomic E-state index is 0.0613. The first-order chi connectivity index (χ1) is 9.56. The molecule has 0 saturated carbocycles. The molecule has 0 aliphatic carbocycles. The maximum atomic E-state index is 12.0. The number of amides is 1. The Kier molecular flexibility index (Phi) is 4.99. The molecular formula is C15H13Cl2NO2. The molecule has 0 atom stereocenters. The number of carbonyl (C=O) groups is 2. The van der Waals surface area contributed by atoms with Gasteiger partial charge in [-0.05, 0) is 36.3 Å². The highest BCUT2D eigenvalue weighted by Gasteiger charge is 2.15. The lowest BCUT2D eigenvalue weighted by atomic mass is 10.2. The van der Waals surface area contributed by atoms with E-state index in [0.717, 1.165) is 0 Å². The van der Waals surface area contributed by atoms with Crippen LogP contribution in [0.15, 0.2) is 36.4 Å². The van der Waals surface area contributed by atoms with Crippen molar-refractivity contribution in [2.75, 3.05) is 13.1 Å². The third-order valence-corrected chi connectivity index (χ3v) is 3.46. The van der Waals surface area contributed by atoms with Gasteiger partial charge in [0.1, 0.15) is 0 Å². The van der Waals surface area contributed by atoms with Crippen LogP contribution >= 0.6 is 23.2 Å². The number of benzene rings is 1. The zero-order valence-corrected chi connectivity index (χ0v) is 12.2. The lowest BCUT2D eigenvalue weighted by molar-refractivity contribution is -0.129. The Hall–Kier alpha value is -1.58. The van der Waals surface area contributed by atoms with Crippen LogP contribution in [0.25, 0.3) is 6.08 Å². The molecule has 1 heterocycles. The van der Waals surface area contributed by atoms with Gasteiger partial charge in [0.2, 0.25) is 5.91 Å². The Balaban J connectivity index is 2.07. The lowest BCUT2D eigenvalue weighted by Crippen LogP contribution is -2.33. The van der Waals surface area contributed by atoms with Crippen LogP contribution in [0.3, 0.4) is 0 Å². The summed E-state index contributed by atoms with van der Waals surface area (Å²) in [6.07, 6.45) is 7.05. The van der Waals surface area contributed by atoms with Gasteiger partial charge in [0, 0.05) is 22.7 Å². The molecule has 1 aliphatic heterocycles. The Bertz CT molecular complexity index is 594. The fourth-order valence-corrected chi connectivity index (χ4v) is 2.33. The van der Waals surface area contributed by atoms with E-state index in [4.69, 9.17) is 23.2 Å². The quantitative estimate of drug-likeness (QED) is 0.786. The summed E-state index contributed by atoms with van der Waals surface area (Å²) in [6.45, 7) is 0.661.